The molecule has 0 bridgehead atoms. The third kappa shape index (κ3) is 3.82. The summed E-state index contributed by atoms with van der Waals surface area (Å²) >= 11 is 8.95. The highest BCUT2D eigenvalue weighted by Gasteiger charge is 2.17. The SMILES string of the molecule is CCOC(=O)c1cccc(CCl)c1CC(=O)CBr. The monoisotopic (exact) mass is 332 g/mol. The summed E-state index contributed by atoms with van der Waals surface area (Å²) in [4.78, 5) is 23.4. The van der Waals surface area contributed by atoms with Crippen LogP contribution in [0.25, 0.3) is 0 Å². The van der Waals surface area contributed by atoms with Crippen LogP contribution in [0.5, 0.6) is 0 Å². The first kappa shape index (κ1) is 15.2. The Bertz CT molecular complexity index is 446. The number of hydrogen-bond donors (Lipinski definition) is 0. The minimum absolute atomic E-state index is 0.00175. The van der Waals surface area contributed by atoms with Gasteiger partial charge in [-0.3, -0.25) is 4.79 Å². The summed E-state index contributed by atoms with van der Waals surface area (Å²) in [5.74, 6) is -0.155. The summed E-state index contributed by atoms with van der Waals surface area (Å²) in [6.45, 7) is 2.04. The van der Waals surface area contributed by atoms with Gasteiger partial charge in [0.25, 0.3) is 0 Å². The van der Waals surface area contributed by atoms with Crippen LogP contribution in [-0.4, -0.2) is 23.7 Å². The van der Waals surface area contributed by atoms with Crippen molar-refractivity contribution in [1.82, 2.24) is 0 Å². The zero-order valence-electron chi connectivity index (χ0n) is 10.0. The van der Waals surface area contributed by atoms with Crippen LogP contribution in [0.15, 0.2) is 18.2 Å². The lowest BCUT2D eigenvalue weighted by molar-refractivity contribution is -0.115. The van der Waals surface area contributed by atoms with Crippen LogP contribution in [0.3, 0.4) is 0 Å². The van der Waals surface area contributed by atoms with E-state index in [9.17, 15) is 9.59 Å². The van der Waals surface area contributed by atoms with E-state index < -0.39 is 5.97 Å². The highest BCUT2D eigenvalue weighted by molar-refractivity contribution is 9.09. The van der Waals surface area contributed by atoms with Crippen LogP contribution in [0.2, 0.25) is 0 Å². The van der Waals surface area contributed by atoms with E-state index in [-0.39, 0.29) is 23.4 Å². The third-order valence-corrected chi connectivity index (χ3v) is 3.35. The van der Waals surface area contributed by atoms with Crippen LogP contribution in [0.4, 0.5) is 0 Å². The number of ether oxygens (including phenoxy) is 1. The Kier molecular flexibility index (Phi) is 6.36. The molecule has 0 fully saturated rings. The molecule has 1 aromatic rings. The van der Waals surface area contributed by atoms with Gasteiger partial charge in [-0.05, 0) is 24.1 Å². The number of carbonyl (C=O) groups is 2. The fourth-order valence-electron chi connectivity index (χ4n) is 1.61. The molecule has 5 heteroatoms. The lowest BCUT2D eigenvalue weighted by Crippen LogP contribution is -2.14. The number of esters is 1. The Labute approximate surface area is 120 Å². The van der Waals surface area contributed by atoms with Crippen molar-refractivity contribution in [2.24, 2.45) is 0 Å². The van der Waals surface area contributed by atoms with Crippen molar-refractivity contribution in [3.63, 3.8) is 0 Å². The van der Waals surface area contributed by atoms with Gasteiger partial charge in [0.05, 0.1) is 17.5 Å². The quantitative estimate of drug-likeness (QED) is 0.593. The summed E-state index contributed by atoms with van der Waals surface area (Å²) < 4.78 is 4.98. The second-order valence-corrected chi connectivity index (χ2v) is 4.47. The highest BCUT2D eigenvalue weighted by Crippen LogP contribution is 2.19. The normalized spacial score (nSPS) is 10.2. The van der Waals surface area contributed by atoms with E-state index in [2.05, 4.69) is 15.9 Å². The highest BCUT2D eigenvalue weighted by atomic mass is 79.9. The summed E-state index contributed by atoms with van der Waals surface area (Å²) in [6.07, 6.45) is 0.183. The molecule has 98 valence electrons. The van der Waals surface area contributed by atoms with Crippen LogP contribution >= 0.6 is 27.5 Å². The molecule has 0 N–H and O–H groups in total. The van der Waals surface area contributed by atoms with E-state index in [1.165, 1.54) is 0 Å². The van der Waals surface area contributed by atoms with E-state index in [1.54, 1.807) is 19.1 Å². The Balaban J connectivity index is 3.15. The fourth-order valence-corrected chi connectivity index (χ4v) is 2.06. The van der Waals surface area contributed by atoms with Crippen molar-refractivity contribution in [1.29, 1.82) is 0 Å². The molecule has 0 saturated heterocycles. The Morgan fingerprint density at radius 1 is 1.39 bits per heavy atom. The predicted molar refractivity (Wildman–Crippen MR) is 74.5 cm³/mol. The van der Waals surface area contributed by atoms with E-state index in [1.807, 2.05) is 6.07 Å². The smallest absolute Gasteiger partial charge is 0.338 e. The lowest BCUT2D eigenvalue weighted by atomic mass is 9.97. The molecule has 0 saturated carbocycles. The first-order valence-electron chi connectivity index (χ1n) is 5.55. The molecule has 0 amide bonds. The molecule has 0 aromatic heterocycles. The van der Waals surface area contributed by atoms with E-state index in [0.717, 1.165) is 5.56 Å². The van der Waals surface area contributed by atoms with Crippen LogP contribution < -0.4 is 0 Å². The van der Waals surface area contributed by atoms with Gasteiger partial charge in [0.1, 0.15) is 5.78 Å². The number of rotatable bonds is 6. The topological polar surface area (TPSA) is 43.4 Å². The molecule has 1 rings (SSSR count). The number of hydrogen-bond acceptors (Lipinski definition) is 3. The number of halogens is 2. The first-order chi connectivity index (χ1) is 8.63. The predicted octanol–water partition coefficient (Wildman–Crippen LogP) is 3.11. The van der Waals surface area contributed by atoms with Gasteiger partial charge >= 0.3 is 5.97 Å². The molecule has 0 heterocycles. The van der Waals surface area contributed by atoms with Gasteiger partial charge in [0, 0.05) is 12.3 Å². The van der Waals surface area contributed by atoms with E-state index in [0.29, 0.717) is 17.7 Å². The minimum Gasteiger partial charge on any atom is -0.462 e. The largest absolute Gasteiger partial charge is 0.462 e. The minimum atomic E-state index is -0.415. The van der Waals surface area contributed by atoms with Gasteiger partial charge in [0.2, 0.25) is 0 Å². The third-order valence-electron chi connectivity index (χ3n) is 2.44. The number of benzene rings is 1. The van der Waals surface area contributed by atoms with Gasteiger partial charge < -0.3 is 4.74 Å². The van der Waals surface area contributed by atoms with Crippen molar-refractivity contribution in [2.75, 3.05) is 11.9 Å². The standard InChI is InChI=1S/C13H14BrClO3/c1-2-18-13(17)11-5-3-4-9(8-15)12(11)6-10(16)7-14/h3-5H,2,6-8H2,1H3. The average molecular weight is 334 g/mol. The van der Waals surface area contributed by atoms with E-state index in [4.69, 9.17) is 16.3 Å². The Morgan fingerprint density at radius 2 is 2.11 bits per heavy atom. The molecule has 3 nitrogen and oxygen atoms in total. The molecular weight excluding hydrogens is 319 g/mol. The maximum atomic E-state index is 11.8. The zero-order chi connectivity index (χ0) is 13.5. The molecule has 0 aliphatic heterocycles. The summed E-state index contributed by atoms with van der Waals surface area (Å²) in [7, 11) is 0. The molecule has 0 aliphatic rings. The second kappa shape index (κ2) is 7.54. The Hall–Kier alpha value is -0.870. The second-order valence-electron chi connectivity index (χ2n) is 3.65. The van der Waals surface area contributed by atoms with Gasteiger partial charge in [-0.25, -0.2) is 4.79 Å². The van der Waals surface area contributed by atoms with Crippen LogP contribution in [0, 0.1) is 0 Å². The van der Waals surface area contributed by atoms with E-state index >= 15 is 0 Å². The van der Waals surface area contributed by atoms with Crippen LogP contribution in [0.1, 0.15) is 28.4 Å². The maximum Gasteiger partial charge on any atom is 0.338 e. The number of ketones is 1. The Morgan fingerprint density at radius 3 is 2.67 bits per heavy atom. The van der Waals surface area contributed by atoms with Crippen molar-refractivity contribution in [2.45, 2.75) is 19.2 Å². The fraction of sp³-hybridized carbons (Fsp3) is 0.385. The maximum absolute atomic E-state index is 11.8. The van der Waals surface area contributed by atoms with Gasteiger partial charge in [-0.15, -0.1) is 11.6 Å². The number of alkyl halides is 2. The van der Waals surface area contributed by atoms with Crippen molar-refractivity contribution < 1.29 is 14.3 Å². The van der Waals surface area contributed by atoms with Gasteiger partial charge in [0.15, 0.2) is 0 Å². The van der Waals surface area contributed by atoms with Crippen molar-refractivity contribution in [3.05, 3.63) is 34.9 Å². The van der Waals surface area contributed by atoms with Gasteiger partial charge in [-0.2, -0.15) is 0 Å². The molecule has 18 heavy (non-hydrogen) atoms. The van der Waals surface area contributed by atoms with Crippen LogP contribution in [-0.2, 0) is 21.8 Å². The molecule has 1 aromatic carbocycles. The van der Waals surface area contributed by atoms with Gasteiger partial charge in [-0.1, -0.05) is 28.1 Å². The molecule has 0 atom stereocenters. The zero-order valence-corrected chi connectivity index (χ0v) is 12.4. The summed E-state index contributed by atoms with van der Waals surface area (Å²) in [5.41, 5.74) is 1.87. The lowest BCUT2D eigenvalue weighted by Gasteiger charge is -2.11. The molecule has 0 aliphatic carbocycles. The summed E-state index contributed by atoms with van der Waals surface area (Å²) in [6, 6.07) is 5.21. The van der Waals surface area contributed by atoms with Crippen molar-refractivity contribution in [3.8, 4) is 0 Å². The first-order valence-corrected chi connectivity index (χ1v) is 7.21. The number of Topliss-reactive ketones (excluding diaryl/α,β-unsaturated/α-hetero) is 1. The number of carbonyl (C=O) groups excluding carboxylic acids is 2. The molecule has 0 spiro atoms. The molecule has 0 unspecified atom stereocenters. The molecule has 0 radical (unpaired) electrons. The average Bonchev–Trinajstić information content (AvgIpc) is 2.38. The van der Waals surface area contributed by atoms with Crippen molar-refractivity contribution >= 4 is 39.3 Å². The molecular formula is C13H14BrClO3. The summed E-state index contributed by atoms with van der Waals surface area (Å²) in [5, 5.41) is 0.256.